The molecule has 2 saturated carbocycles. The molecule has 118 valence electrons. The number of hydrogen-bond acceptors (Lipinski definition) is 3. The van der Waals surface area contributed by atoms with E-state index in [-0.39, 0.29) is 29.8 Å². The van der Waals surface area contributed by atoms with Gasteiger partial charge in [-0.25, -0.2) is 0 Å². The predicted molar refractivity (Wildman–Crippen MR) is 82.9 cm³/mol. The molecule has 0 heterocycles. The zero-order valence-corrected chi connectivity index (χ0v) is 14.1. The third-order valence-corrected chi connectivity index (χ3v) is 5.46. The Morgan fingerprint density at radius 2 is 1.85 bits per heavy atom. The predicted octanol–water partition coefficient (Wildman–Crippen LogP) is 2.10. The Labute approximate surface area is 128 Å². The lowest BCUT2D eigenvalue weighted by atomic mass is 9.54. The second-order valence-corrected chi connectivity index (χ2v) is 7.44. The van der Waals surface area contributed by atoms with Gasteiger partial charge in [0.05, 0.1) is 6.10 Å². The van der Waals surface area contributed by atoms with E-state index in [1.807, 2.05) is 20.8 Å². The summed E-state index contributed by atoms with van der Waals surface area (Å²) in [4.78, 5) is 12.4. The average molecular weight is 305 g/mol. The fourth-order valence-corrected chi connectivity index (χ4v) is 3.12. The van der Waals surface area contributed by atoms with Crippen molar-refractivity contribution in [3.05, 3.63) is 0 Å². The molecule has 5 heteroatoms. The van der Waals surface area contributed by atoms with Crippen LogP contribution in [0.4, 0.5) is 0 Å². The van der Waals surface area contributed by atoms with E-state index >= 15 is 0 Å². The van der Waals surface area contributed by atoms with Gasteiger partial charge in [0.1, 0.15) is 5.54 Å². The molecule has 0 spiro atoms. The Morgan fingerprint density at radius 1 is 1.30 bits per heavy atom. The van der Waals surface area contributed by atoms with Crippen LogP contribution in [0, 0.1) is 16.7 Å². The minimum absolute atomic E-state index is 0. The number of nitrogens with two attached hydrogens (primary N) is 1. The molecular weight excluding hydrogens is 276 g/mol. The largest absolute Gasteiger partial charge is 0.378 e. The van der Waals surface area contributed by atoms with Crippen LogP contribution in [0.1, 0.15) is 47.5 Å². The first-order valence-corrected chi connectivity index (χ1v) is 7.34. The smallest absolute Gasteiger partial charge is 0.240 e. The summed E-state index contributed by atoms with van der Waals surface area (Å²) in [5, 5.41) is 3.04. The number of ether oxygens (including phenoxy) is 1. The fraction of sp³-hybridized carbons (Fsp3) is 0.933. The minimum atomic E-state index is -0.786. The van der Waals surface area contributed by atoms with Crippen LogP contribution >= 0.6 is 12.4 Å². The van der Waals surface area contributed by atoms with Crippen molar-refractivity contribution in [2.24, 2.45) is 22.5 Å². The Kier molecular flexibility index (Phi) is 4.85. The molecule has 3 N–H and O–H groups in total. The van der Waals surface area contributed by atoms with Crippen molar-refractivity contribution in [3.63, 3.8) is 0 Å². The molecule has 20 heavy (non-hydrogen) atoms. The highest BCUT2D eigenvalue weighted by Crippen LogP contribution is 2.52. The number of carbonyl (C=O) groups is 1. The fourth-order valence-electron chi connectivity index (χ4n) is 3.12. The molecular formula is C15H29ClN2O2. The molecule has 0 aromatic carbocycles. The Balaban J connectivity index is 0.00000200. The molecule has 1 amide bonds. The van der Waals surface area contributed by atoms with Crippen molar-refractivity contribution < 1.29 is 9.53 Å². The minimum Gasteiger partial charge on any atom is -0.378 e. The molecule has 2 fully saturated rings. The summed E-state index contributed by atoms with van der Waals surface area (Å²) in [5.41, 5.74) is 5.63. The van der Waals surface area contributed by atoms with E-state index < -0.39 is 5.54 Å². The zero-order chi connectivity index (χ0) is 14.5. The number of amides is 1. The van der Waals surface area contributed by atoms with Crippen LogP contribution in [0.2, 0.25) is 0 Å². The number of hydrogen-bond donors (Lipinski definition) is 2. The molecule has 3 unspecified atom stereocenters. The standard InChI is InChI=1S/C15H28N2O2.ClH/c1-6-19-11-8-15(16,14(11,4)5)12(18)17-9-10-7-13(10,2)3;/h10-11H,6-9,16H2,1-5H3,(H,17,18);1H. The lowest BCUT2D eigenvalue weighted by Crippen LogP contribution is -2.75. The maximum atomic E-state index is 12.4. The van der Waals surface area contributed by atoms with Crippen molar-refractivity contribution in [3.8, 4) is 0 Å². The summed E-state index contributed by atoms with van der Waals surface area (Å²) in [6, 6.07) is 0. The molecule has 3 atom stereocenters. The van der Waals surface area contributed by atoms with E-state index in [9.17, 15) is 4.79 Å². The van der Waals surface area contributed by atoms with Gasteiger partial charge in [0.25, 0.3) is 0 Å². The van der Waals surface area contributed by atoms with Crippen LogP contribution < -0.4 is 11.1 Å². The highest BCUT2D eigenvalue weighted by atomic mass is 35.5. The highest BCUT2D eigenvalue weighted by Gasteiger charge is 2.63. The van der Waals surface area contributed by atoms with Crippen LogP contribution in [0.15, 0.2) is 0 Å². The van der Waals surface area contributed by atoms with Crippen LogP contribution in [-0.4, -0.2) is 30.7 Å². The van der Waals surface area contributed by atoms with Gasteiger partial charge in [-0.1, -0.05) is 27.7 Å². The Morgan fingerprint density at radius 3 is 2.25 bits per heavy atom. The number of nitrogens with one attached hydrogen (secondary N) is 1. The zero-order valence-electron chi connectivity index (χ0n) is 13.3. The first-order chi connectivity index (χ1) is 8.65. The summed E-state index contributed by atoms with van der Waals surface area (Å²) in [6.45, 7) is 11.9. The molecule has 2 aliphatic rings. The van der Waals surface area contributed by atoms with Crippen molar-refractivity contribution in [2.75, 3.05) is 13.2 Å². The van der Waals surface area contributed by atoms with E-state index in [0.29, 0.717) is 24.4 Å². The molecule has 2 aliphatic carbocycles. The van der Waals surface area contributed by atoms with E-state index in [1.54, 1.807) is 0 Å². The lowest BCUT2D eigenvalue weighted by molar-refractivity contribution is -0.170. The molecule has 4 nitrogen and oxygen atoms in total. The number of rotatable bonds is 5. The van der Waals surface area contributed by atoms with Crippen molar-refractivity contribution in [1.82, 2.24) is 5.32 Å². The van der Waals surface area contributed by atoms with E-state index in [1.165, 1.54) is 6.42 Å². The van der Waals surface area contributed by atoms with Gasteiger partial charge in [-0.15, -0.1) is 12.4 Å². The normalized spacial score (nSPS) is 36.5. The van der Waals surface area contributed by atoms with Crippen LogP contribution in [-0.2, 0) is 9.53 Å². The second-order valence-electron chi connectivity index (χ2n) is 7.44. The molecule has 0 saturated heterocycles. The first-order valence-electron chi connectivity index (χ1n) is 7.34. The molecule has 0 bridgehead atoms. The maximum Gasteiger partial charge on any atom is 0.240 e. The quantitative estimate of drug-likeness (QED) is 0.817. The molecule has 0 aromatic heterocycles. The Bertz CT molecular complexity index is 384. The van der Waals surface area contributed by atoms with Gasteiger partial charge in [-0.05, 0) is 24.7 Å². The third-order valence-electron chi connectivity index (χ3n) is 5.46. The SMILES string of the molecule is CCOC1CC(N)(C(=O)NCC2CC2(C)C)C1(C)C.Cl. The topological polar surface area (TPSA) is 64.3 Å². The second kappa shape index (κ2) is 5.47. The number of halogens is 1. The number of carbonyl (C=O) groups excluding carboxylic acids is 1. The van der Waals surface area contributed by atoms with Crippen LogP contribution in [0.25, 0.3) is 0 Å². The summed E-state index contributed by atoms with van der Waals surface area (Å²) >= 11 is 0. The third kappa shape index (κ3) is 2.70. The monoisotopic (exact) mass is 304 g/mol. The van der Waals surface area contributed by atoms with Gasteiger partial charge >= 0.3 is 0 Å². The first kappa shape index (κ1) is 17.7. The van der Waals surface area contributed by atoms with Crippen molar-refractivity contribution in [2.45, 2.75) is 59.1 Å². The van der Waals surface area contributed by atoms with E-state index in [2.05, 4.69) is 19.2 Å². The van der Waals surface area contributed by atoms with Crippen LogP contribution in [0.3, 0.4) is 0 Å². The van der Waals surface area contributed by atoms with E-state index in [4.69, 9.17) is 10.5 Å². The Hall–Kier alpha value is -0.320. The van der Waals surface area contributed by atoms with Gasteiger partial charge in [0.15, 0.2) is 0 Å². The van der Waals surface area contributed by atoms with Gasteiger partial charge in [0, 0.05) is 25.0 Å². The van der Waals surface area contributed by atoms with Gasteiger partial charge in [0.2, 0.25) is 5.91 Å². The molecule has 2 rings (SSSR count). The maximum absolute atomic E-state index is 12.4. The average Bonchev–Trinajstić information content (AvgIpc) is 2.93. The van der Waals surface area contributed by atoms with Crippen molar-refractivity contribution >= 4 is 18.3 Å². The van der Waals surface area contributed by atoms with Crippen molar-refractivity contribution in [1.29, 1.82) is 0 Å². The lowest BCUT2D eigenvalue weighted by Gasteiger charge is -2.57. The summed E-state index contributed by atoms with van der Waals surface area (Å²) in [7, 11) is 0. The molecule has 0 aliphatic heterocycles. The summed E-state index contributed by atoms with van der Waals surface area (Å²) in [6.07, 6.45) is 1.90. The van der Waals surface area contributed by atoms with E-state index in [0.717, 1.165) is 6.54 Å². The molecule has 0 radical (unpaired) electrons. The van der Waals surface area contributed by atoms with Gasteiger partial charge < -0.3 is 15.8 Å². The summed E-state index contributed by atoms with van der Waals surface area (Å²) < 4.78 is 5.65. The van der Waals surface area contributed by atoms with Gasteiger partial charge in [-0.3, -0.25) is 4.79 Å². The summed E-state index contributed by atoms with van der Waals surface area (Å²) in [5.74, 6) is 0.585. The molecule has 0 aromatic rings. The van der Waals surface area contributed by atoms with Crippen LogP contribution in [0.5, 0.6) is 0 Å². The highest BCUT2D eigenvalue weighted by molar-refractivity contribution is 5.88. The van der Waals surface area contributed by atoms with Gasteiger partial charge in [-0.2, -0.15) is 0 Å².